The Hall–Kier alpha value is -0.570. The highest BCUT2D eigenvalue weighted by molar-refractivity contribution is 5.82. The van der Waals surface area contributed by atoms with Crippen LogP contribution in [-0.4, -0.2) is 24.0 Å². The molecule has 0 unspecified atom stereocenters. The first kappa shape index (κ1) is 11.5. The summed E-state index contributed by atoms with van der Waals surface area (Å²) < 4.78 is 0. The molecule has 3 nitrogen and oxygen atoms in total. The van der Waals surface area contributed by atoms with Crippen LogP contribution >= 0.6 is 0 Å². The van der Waals surface area contributed by atoms with Crippen molar-refractivity contribution in [2.45, 2.75) is 58.0 Å². The number of carbonyl (C=O) groups excluding carboxylic acids is 1. The summed E-state index contributed by atoms with van der Waals surface area (Å²) in [6.07, 6.45) is 4.30. The minimum Gasteiger partial charge on any atom is -0.350 e. The predicted octanol–water partition coefficient (Wildman–Crippen LogP) is 1.43. The van der Waals surface area contributed by atoms with Crippen LogP contribution in [0.4, 0.5) is 0 Å². The van der Waals surface area contributed by atoms with Gasteiger partial charge in [0.25, 0.3) is 0 Å². The Morgan fingerprint density at radius 1 is 1.50 bits per heavy atom. The third-order valence-electron chi connectivity index (χ3n) is 2.97. The van der Waals surface area contributed by atoms with Crippen LogP contribution in [-0.2, 0) is 4.79 Å². The molecule has 0 bridgehead atoms. The minimum atomic E-state index is -0.0732. The summed E-state index contributed by atoms with van der Waals surface area (Å²) in [5, 5.41) is 6.33. The topological polar surface area (TPSA) is 41.1 Å². The van der Waals surface area contributed by atoms with Crippen molar-refractivity contribution in [2.75, 3.05) is 6.54 Å². The molecule has 0 aliphatic carbocycles. The van der Waals surface area contributed by atoms with E-state index in [4.69, 9.17) is 0 Å². The minimum absolute atomic E-state index is 0.0366. The van der Waals surface area contributed by atoms with Gasteiger partial charge in [-0.25, -0.2) is 0 Å². The van der Waals surface area contributed by atoms with Gasteiger partial charge >= 0.3 is 0 Å². The zero-order valence-electron chi connectivity index (χ0n) is 9.52. The van der Waals surface area contributed by atoms with Crippen LogP contribution in [0.2, 0.25) is 0 Å². The quantitative estimate of drug-likeness (QED) is 0.720. The molecule has 1 amide bonds. The summed E-state index contributed by atoms with van der Waals surface area (Å²) in [4.78, 5) is 11.8. The molecule has 0 saturated carbocycles. The number of carbonyl (C=O) groups is 1. The van der Waals surface area contributed by atoms with Gasteiger partial charge in [0, 0.05) is 5.54 Å². The fourth-order valence-electron chi connectivity index (χ4n) is 1.58. The molecule has 1 rings (SSSR count). The number of piperidine rings is 1. The van der Waals surface area contributed by atoms with Crippen molar-refractivity contribution in [3.63, 3.8) is 0 Å². The summed E-state index contributed by atoms with van der Waals surface area (Å²) in [6.45, 7) is 7.20. The summed E-state index contributed by atoms with van der Waals surface area (Å²) >= 11 is 0. The van der Waals surface area contributed by atoms with E-state index in [0.29, 0.717) is 0 Å². The zero-order valence-corrected chi connectivity index (χ0v) is 9.52. The van der Waals surface area contributed by atoms with Crippen molar-refractivity contribution in [3.05, 3.63) is 0 Å². The van der Waals surface area contributed by atoms with Crippen LogP contribution < -0.4 is 10.6 Å². The van der Waals surface area contributed by atoms with E-state index in [1.54, 1.807) is 0 Å². The molecule has 3 heteroatoms. The highest BCUT2D eigenvalue weighted by atomic mass is 16.2. The lowest BCUT2D eigenvalue weighted by Gasteiger charge is -2.29. The van der Waals surface area contributed by atoms with Gasteiger partial charge in [0.1, 0.15) is 0 Å². The number of nitrogens with one attached hydrogen (secondary N) is 2. The number of amides is 1. The monoisotopic (exact) mass is 198 g/mol. The first-order valence-corrected chi connectivity index (χ1v) is 5.60. The second-order valence-electron chi connectivity index (χ2n) is 4.73. The van der Waals surface area contributed by atoms with Gasteiger partial charge in [-0.05, 0) is 39.7 Å². The molecule has 1 saturated heterocycles. The van der Waals surface area contributed by atoms with Gasteiger partial charge in [0.15, 0.2) is 0 Å². The number of hydrogen-bond donors (Lipinski definition) is 2. The average Bonchev–Trinajstić information content (AvgIpc) is 2.19. The molecular formula is C11H22N2O. The maximum atomic E-state index is 11.8. The van der Waals surface area contributed by atoms with E-state index in [-0.39, 0.29) is 17.5 Å². The van der Waals surface area contributed by atoms with Crippen LogP contribution in [0.1, 0.15) is 46.5 Å². The molecule has 1 heterocycles. The Morgan fingerprint density at radius 3 is 2.71 bits per heavy atom. The molecule has 0 aromatic carbocycles. The van der Waals surface area contributed by atoms with Crippen LogP contribution in [0, 0.1) is 0 Å². The van der Waals surface area contributed by atoms with Crippen molar-refractivity contribution < 1.29 is 4.79 Å². The second kappa shape index (κ2) is 4.78. The molecule has 0 aromatic heterocycles. The lowest BCUT2D eigenvalue weighted by atomic mass is 9.99. The van der Waals surface area contributed by atoms with Crippen LogP contribution in [0.25, 0.3) is 0 Å². The average molecular weight is 198 g/mol. The highest BCUT2D eigenvalue weighted by Gasteiger charge is 2.25. The zero-order chi connectivity index (χ0) is 10.6. The molecule has 82 valence electrons. The molecule has 2 N–H and O–H groups in total. The number of rotatable bonds is 3. The lowest BCUT2D eigenvalue weighted by molar-refractivity contribution is -0.125. The molecule has 0 radical (unpaired) electrons. The standard InChI is InChI=1S/C11H22N2O/c1-4-11(2,3)13-10(14)9-7-5-6-8-12-9/h9,12H,4-8H2,1-3H3,(H,13,14)/t9-/m1/s1. The molecule has 1 aliphatic heterocycles. The fourth-order valence-corrected chi connectivity index (χ4v) is 1.58. The van der Waals surface area contributed by atoms with Crippen molar-refractivity contribution in [1.82, 2.24) is 10.6 Å². The van der Waals surface area contributed by atoms with E-state index in [9.17, 15) is 4.79 Å². The van der Waals surface area contributed by atoms with Gasteiger partial charge in [-0.1, -0.05) is 13.3 Å². The highest BCUT2D eigenvalue weighted by Crippen LogP contribution is 2.11. The summed E-state index contributed by atoms with van der Waals surface area (Å²) in [5.74, 6) is 0.163. The van der Waals surface area contributed by atoms with E-state index < -0.39 is 0 Å². The van der Waals surface area contributed by atoms with Crippen molar-refractivity contribution in [2.24, 2.45) is 0 Å². The predicted molar refractivity (Wildman–Crippen MR) is 58.2 cm³/mol. The molecule has 1 aliphatic rings. The largest absolute Gasteiger partial charge is 0.350 e. The van der Waals surface area contributed by atoms with Gasteiger partial charge in [-0.2, -0.15) is 0 Å². The van der Waals surface area contributed by atoms with Crippen LogP contribution in [0.15, 0.2) is 0 Å². The Morgan fingerprint density at radius 2 is 2.21 bits per heavy atom. The summed E-state index contributed by atoms with van der Waals surface area (Å²) in [7, 11) is 0. The Labute approximate surface area is 86.6 Å². The van der Waals surface area contributed by atoms with E-state index in [1.165, 1.54) is 6.42 Å². The van der Waals surface area contributed by atoms with Crippen LogP contribution in [0.5, 0.6) is 0 Å². The molecule has 1 fully saturated rings. The maximum Gasteiger partial charge on any atom is 0.237 e. The van der Waals surface area contributed by atoms with E-state index in [0.717, 1.165) is 25.8 Å². The SMILES string of the molecule is CCC(C)(C)NC(=O)[C@H]1CCCCN1. The lowest BCUT2D eigenvalue weighted by Crippen LogP contribution is -2.53. The summed E-state index contributed by atoms with van der Waals surface area (Å²) in [6, 6.07) is 0.0366. The molecule has 1 atom stereocenters. The van der Waals surface area contributed by atoms with E-state index in [2.05, 4.69) is 31.4 Å². The molecule has 0 spiro atoms. The Kier molecular flexibility index (Phi) is 3.93. The van der Waals surface area contributed by atoms with Crippen molar-refractivity contribution in [1.29, 1.82) is 0 Å². The van der Waals surface area contributed by atoms with E-state index in [1.807, 2.05) is 0 Å². The Bertz CT molecular complexity index is 195. The normalized spacial score (nSPS) is 23.2. The van der Waals surface area contributed by atoms with E-state index >= 15 is 0 Å². The fraction of sp³-hybridized carbons (Fsp3) is 0.909. The maximum absolute atomic E-state index is 11.8. The molecule has 0 aromatic rings. The van der Waals surface area contributed by atoms with Crippen molar-refractivity contribution in [3.8, 4) is 0 Å². The first-order chi connectivity index (χ1) is 6.55. The molecule has 14 heavy (non-hydrogen) atoms. The third kappa shape index (κ3) is 3.29. The van der Waals surface area contributed by atoms with Gasteiger partial charge in [-0.3, -0.25) is 4.79 Å². The van der Waals surface area contributed by atoms with Crippen LogP contribution in [0.3, 0.4) is 0 Å². The number of hydrogen-bond acceptors (Lipinski definition) is 2. The van der Waals surface area contributed by atoms with Gasteiger partial charge in [-0.15, -0.1) is 0 Å². The smallest absolute Gasteiger partial charge is 0.237 e. The molecular weight excluding hydrogens is 176 g/mol. The van der Waals surface area contributed by atoms with Gasteiger partial charge < -0.3 is 10.6 Å². The first-order valence-electron chi connectivity index (χ1n) is 5.60. The second-order valence-corrected chi connectivity index (χ2v) is 4.73. The van der Waals surface area contributed by atoms with Crippen molar-refractivity contribution >= 4 is 5.91 Å². The third-order valence-corrected chi connectivity index (χ3v) is 2.97. The van der Waals surface area contributed by atoms with Gasteiger partial charge in [0.2, 0.25) is 5.91 Å². The summed E-state index contributed by atoms with van der Waals surface area (Å²) in [5.41, 5.74) is -0.0732. The van der Waals surface area contributed by atoms with Gasteiger partial charge in [0.05, 0.1) is 6.04 Å². The Balaban J connectivity index is 2.40.